The minimum Gasteiger partial charge on any atom is -0.497 e. The largest absolute Gasteiger partial charge is 0.497 e. The predicted molar refractivity (Wildman–Crippen MR) is 68.5 cm³/mol. The van der Waals surface area contributed by atoms with Crippen LogP contribution in [-0.2, 0) is 13.6 Å². The smallest absolute Gasteiger partial charge is 0.146 e. The van der Waals surface area contributed by atoms with E-state index in [-0.39, 0.29) is 5.82 Å². The summed E-state index contributed by atoms with van der Waals surface area (Å²) in [6, 6.07) is 4.52. The summed E-state index contributed by atoms with van der Waals surface area (Å²) in [7, 11) is 3.34. The van der Waals surface area contributed by atoms with Crippen molar-refractivity contribution in [2.24, 2.45) is 7.05 Å². The molecule has 18 heavy (non-hydrogen) atoms. The van der Waals surface area contributed by atoms with Gasteiger partial charge in [0, 0.05) is 13.1 Å². The number of ether oxygens (including phenoxy) is 1. The normalized spacial score (nSPS) is 10.4. The van der Waals surface area contributed by atoms with Gasteiger partial charge in [0.2, 0.25) is 0 Å². The number of benzene rings is 1. The highest BCUT2D eigenvalue weighted by Gasteiger charge is 2.07. The van der Waals surface area contributed by atoms with Crippen LogP contribution in [0.3, 0.4) is 0 Å². The molecule has 4 nitrogen and oxygen atoms in total. The number of hydrogen-bond acceptors (Lipinski definition) is 3. The van der Waals surface area contributed by atoms with E-state index in [1.54, 1.807) is 29.9 Å². The molecule has 1 N–H and O–H groups in total. The fourth-order valence-corrected chi connectivity index (χ4v) is 1.68. The molecule has 6 heteroatoms. The lowest BCUT2D eigenvalue weighted by Crippen LogP contribution is -2.07. The van der Waals surface area contributed by atoms with Crippen molar-refractivity contribution >= 4 is 17.3 Å². The molecule has 0 aliphatic carbocycles. The fraction of sp³-hybridized carbons (Fsp3) is 0.250. The lowest BCUT2D eigenvalue weighted by atomic mass is 10.3. The molecule has 1 aromatic carbocycles. The summed E-state index contributed by atoms with van der Waals surface area (Å²) >= 11 is 5.87. The van der Waals surface area contributed by atoms with E-state index in [0.717, 1.165) is 5.82 Å². The molecule has 1 heterocycles. The maximum Gasteiger partial charge on any atom is 0.146 e. The average molecular weight is 270 g/mol. The molecule has 0 aliphatic heterocycles. The number of imidazole rings is 1. The van der Waals surface area contributed by atoms with Crippen LogP contribution < -0.4 is 10.1 Å². The first-order chi connectivity index (χ1) is 8.61. The van der Waals surface area contributed by atoms with Crippen molar-refractivity contribution in [3.8, 4) is 5.75 Å². The Labute approximate surface area is 109 Å². The number of nitrogens with zero attached hydrogens (tertiary/aromatic N) is 2. The van der Waals surface area contributed by atoms with Gasteiger partial charge in [0.15, 0.2) is 0 Å². The zero-order chi connectivity index (χ0) is 13.1. The summed E-state index contributed by atoms with van der Waals surface area (Å²) < 4.78 is 20.3. The molecule has 2 rings (SSSR count). The number of methoxy groups -OCH3 is 1. The first-order valence-corrected chi connectivity index (χ1v) is 5.73. The van der Waals surface area contributed by atoms with Crippen LogP contribution in [0.5, 0.6) is 5.75 Å². The summed E-state index contributed by atoms with van der Waals surface area (Å²) in [5.74, 6) is 0.982. The van der Waals surface area contributed by atoms with Gasteiger partial charge < -0.3 is 14.6 Å². The van der Waals surface area contributed by atoms with E-state index in [0.29, 0.717) is 23.1 Å². The third-order valence-corrected chi connectivity index (χ3v) is 2.99. The first-order valence-electron chi connectivity index (χ1n) is 5.35. The molecular weight excluding hydrogens is 257 g/mol. The Balaban J connectivity index is 2.12. The zero-order valence-corrected chi connectivity index (χ0v) is 10.8. The Morgan fingerprint density at radius 2 is 2.28 bits per heavy atom. The van der Waals surface area contributed by atoms with Crippen molar-refractivity contribution < 1.29 is 9.13 Å². The van der Waals surface area contributed by atoms with Crippen LogP contribution in [0, 0.1) is 5.82 Å². The van der Waals surface area contributed by atoms with E-state index in [9.17, 15) is 4.39 Å². The molecule has 0 unspecified atom stereocenters. The maximum atomic E-state index is 13.5. The molecular formula is C12H13ClFN3O. The molecule has 0 amide bonds. The second-order valence-corrected chi connectivity index (χ2v) is 4.14. The van der Waals surface area contributed by atoms with Gasteiger partial charge >= 0.3 is 0 Å². The SMILES string of the molecule is COc1ccc(F)c(NCc2ncc(Cl)n2C)c1. The molecule has 1 aromatic heterocycles. The average Bonchev–Trinajstić information content (AvgIpc) is 2.69. The Kier molecular flexibility index (Phi) is 3.72. The van der Waals surface area contributed by atoms with Gasteiger partial charge in [0.05, 0.1) is 25.5 Å². The van der Waals surface area contributed by atoms with Crippen LogP contribution in [0.2, 0.25) is 5.15 Å². The molecule has 0 saturated heterocycles. The summed E-state index contributed by atoms with van der Waals surface area (Å²) in [6.07, 6.45) is 1.56. The molecule has 0 atom stereocenters. The number of nitrogens with one attached hydrogen (secondary N) is 1. The Hall–Kier alpha value is -1.75. The van der Waals surface area contributed by atoms with Gasteiger partial charge in [0.1, 0.15) is 22.5 Å². The number of rotatable bonds is 4. The Morgan fingerprint density at radius 1 is 1.50 bits per heavy atom. The van der Waals surface area contributed by atoms with Crippen LogP contribution in [0.25, 0.3) is 0 Å². The van der Waals surface area contributed by atoms with Crippen molar-refractivity contribution in [1.29, 1.82) is 0 Å². The van der Waals surface area contributed by atoms with Gasteiger partial charge in [0.25, 0.3) is 0 Å². The van der Waals surface area contributed by atoms with Crippen molar-refractivity contribution in [2.45, 2.75) is 6.54 Å². The van der Waals surface area contributed by atoms with E-state index in [1.807, 2.05) is 0 Å². The molecule has 0 radical (unpaired) electrons. The maximum absolute atomic E-state index is 13.5. The molecule has 0 bridgehead atoms. The second kappa shape index (κ2) is 5.27. The second-order valence-electron chi connectivity index (χ2n) is 3.76. The summed E-state index contributed by atoms with van der Waals surface area (Å²) in [5.41, 5.74) is 0.369. The van der Waals surface area contributed by atoms with Crippen LogP contribution in [0.15, 0.2) is 24.4 Å². The van der Waals surface area contributed by atoms with Gasteiger partial charge in [-0.05, 0) is 12.1 Å². The predicted octanol–water partition coefficient (Wildman–Crippen LogP) is 2.83. The lowest BCUT2D eigenvalue weighted by molar-refractivity contribution is 0.414. The molecule has 0 aliphatic rings. The van der Waals surface area contributed by atoms with Gasteiger partial charge in [-0.1, -0.05) is 11.6 Å². The third-order valence-electron chi connectivity index (χ3n) is 2.64. The Bertz CT molecular complexity index is 556. The van der Waals surface area contributed by atoms with E-state index in [2.05, 4.69) is 10.3 Å². The Morgan fingerprint density at radius 3 is 2.89 bits per heavy atom. The number of anilines is 1. The van der Waals surface area contributed by atoms with E-state index in [1.165, 1.54) is 13.2 Å². The van der Waals surface area contributed by atoms with Crippen LogP contribution >= 0.6 is 11.6 Å². The topological polar surface area (TPSA) is 39.1 Å². The minimum absolute atomic E-state index is 0.337. The molecule has 0 spiro atoms. The highest BCUT2D eigenvalue weighted by atomic mass is 35.5. The van der Waals surface area contributed by atoms with E-state index < -0.39 is 0 Å². The molecule has 2 aromatic rings. The third kappa shape index (κ3) is 2.56. The lowest BCUT2D eigenvalue weighted by Gasteiger charge is -2.09. The zero-order valence-electron chi connectivity index (χ0n) is 10.1. The number of halogens is 2. The molecule has 0 fully saturated rings. The van der Waals surface area contributed by atoms with E-state index >= 15 is 0 Å². The fourth-order valence-electron chi connectivity index (χ4n) is 1.53. The van der Waals surface area contributed by atoms with Gasteiger partial charge in [-0.2, -0.15) is 0 Å². The molecule has 0 saturated carbocycles. The first kappa shape index (κ1) is 12.7. The van der Waals surface area contributed by atoms with Crippen LogP contribution in [-0.4, -0.2) is 16.7 Å². The van der Waals surface area contributed by atoms with Crippen molar-refractivity contribution in [3.05, 3.63) is 41.2 Å². The van der Waals surface area contributed by atoms with Gasteiger partial charge in [-0.3, -0.25) is 0 Å². The standard InChI is InChI=1S/C12H13ClFN3O/c1-17-11(13)6-16-12(17)7-15-10-5-8(18-2)3-4-9(10)14/h3-6,15H,7H2,1-2H3. The van der Waals surface area contributed by atoms with Crippen molar-refractivity contribution in [2.75, 3.05) is 12.4 Å². The minimum atomic E-state index is -0.337. The monoisotopic (exact) mass is 269 g/mol. The van der Waals surface area contributed by atoms with Crippen LogP contribution in [0.1, 0.15) is 5.82 Å². The molecule has 96 valence electrons. The number of hydrogen-bond donors (Lipinski definition) is 1. The van der Waals surface area contributed by atoms with E-state index in [4.69, 9.17) is 16.3 Å². The van der Waals surface area contributed by atoms with Crippen LogP contribution in [0.4, 0.5) is 10.1 Å². The summed E-state index contributed by atoms with van der Waals surface area (Å²) in [5, 5.41) is 3.50. The highest BCUT2D eigenvalue weighted by Crippen LogP contribution is 2.21. The number of aromatic nitrogens is 2. The quantitative estimate of drug-likeness (QED) is 0.928. The highest BCUT2D eigenvalue weighted by molar-refractivity contribution is 6.29. The van der Waals surface area contributed by atoms with Gasteiger partial charge in [-0.25, -0.2) is 9.37 Å². The van der Waals surface area contributed by atoms with Crippen molar-refractivity contribution in [3.63, 3.8) is 0 Å². The summed E-state index contributed by atoms with van der Waals surface area (Å²) in [6.45, 7) is 0.382. The summed E-state index contributed by atoms with van der Waals surface area (Å²) in [4.78, 5) is 4.12. The van der Waals surface area contributed by atoms with Crippen molar-refractivity contribution in [1.82, 2.24) is 9.55 Å². The van der Waals surface area contributed by atoms with Gasteiger partial charge in [-0.15, -0.1) is 0 Å².